The van der Waals surface area contributed by atoms with Crippen molar-refractivity contribution in [3.05, 3.63) is 35.9 Å². The van der Waals surface area contributed by atoms with Gasteiger partial charge in [-0.05, 0) is 25.1 Å². The van der Waals surface area contributed by atoms with E-state index < -0.39 is 8.07 Å². The van der Waals surface area contributed by atoms with E-state index in [0.717, 1.165) is 13.2 Å². The maximum absolute atomic E-state index is 5.36. The number of nitrogens with zero attached hydrogens (tertiary/aromatic N) is 1. The van der Waals surface area contributed by atoms with Gasteiger partial charge in [0.2, 0.25) is 0 Å². The van der Waals surface area contributed by atoms with Crippen LogP contribution in [-0.4, -0.2) is 39.0 Å². The molecule has 1 aromatic rings. The molecule has 1 aromatic carbocycles. The first-order valence-corrected chi connectivity index (χ1v) is 10.4. The topological polar surface area (TPSA) is 12.5 Å². The maximum Gasteiger partial charge on any atom is 0.0986 e. The van der Waals surface area contributed by atoms with E-state index in [2.05, 4.69) is 61.8 Å². The fourth-order valence-electron chi connectivity index (χ4n) is 2.19. The van der Waals surface area contributed by atoms with Crippen molar-refractivity contribution in [1.29, 1.82) is 0 Å². The van der Waals surface area contributed by atoms with Crippen molar-refractivity contribution in [3.8, 4) is 0 Å². The average Bonchev–Trinajstić information content (AvgIpc) is 2.28. The zero-order valence-corrected chi connectivity index (χ0v) is 13.4. The Morgan fingerprint density at radius 1 is 1.17 bits per heavy atom. The Bertz CT molecular complexity index is 334. The van der Waals surface area contributed by atoms with Crippen LogP contribution >= 0.6 is 0 Å². The predicted octanol–water partition coefficient (Wildman–Crippen LogP) is 3.40. The number of benzene rings is 1. The zero-order valence-electron chi connectivity index (χ0n) is 12.4. The first-order chi connectivity index (χ1) is 8.42. The third-order valence-electron chi connectivity index (χ3n) is 2.97. The SMILES string of the molecule is COCN(C[Si](C)(C)C)[C@H](C)Cc1ccccc1. The first kappa shape index (κ1) is 15.4. The van der Waals surface area contributed by atoms with E-state index in [1.54, 1.807) is 7.11 Å². The first-order valence-electron chi connectivity index (χ1n) is 6.69. The number of rotatable bonds is 7. The van der Waals surface area contributed by atoms with Crippen LogP contribution in [0.25, 0.3) is 0 Å². The molecule has 0 unspecified atom stereocenters. The Balaban J connectivity index is 2.62. The fourth-order valence-corrected chi connectivity index (χ4v) is 3.81. The quantitative estimate of drug-likeness (QED) is 0.553. The molecular formula is C15H27NOSi. The number of hydrogen-bond acceptors (Lipinski definition) is 2. The minimum atomic E-state index is -1.09. The third-order valence-corrected chi connectivity index (χ3v) is 4.32. The van der Waals surface area contributed by atoms with E-state index in [9.17, 15) is 0 Å². The minimum absolute atomic E-state index is 0.527. The van der Waals surface area contributed by atoms with Crippen LogP contribution in [0.5, 0.6) is 0 Å². The molecule has 0 N–H and O–H groups in total. The summed E-state index contributed by atoms with van der Waals surface area (Å²) in [5.74, 6) is 0. The van der Waals surface area contributed by atoms with Crippen molar-refractivity contribution in [1.82, 2.24) is 4.90 Å². The second kappa shape index (κ2) is 7.07. The van der Waals surface area contributed by atoms with Gasteiger partial charge < -0.3 is 4.74 Å². The Kier molecular flexibility index (Phi) is 6.06. The Labute approximate surface area is 113 Å². The largest absolute Gasteiger partial charge is 0.369 e. The summed E-state index contributed by atoms with van der Waals surface area (Å²) in [6.07, 6.45) is 2.28. The smallest absolute Gasteiger partial charge is 0.0986 e. The van der Waals surface area contributed by atoms with Gasteiger partial charge in [-0.25, -0.2) is 0 Å². The second-order valence-corrected chi connectivity index (χ2v) is 11.7. The number of ether oxygens (including phenoxy) is 1. The monoisotopic (exact) mass is 265 g/mol. The Morgan fingerprint density at radius 3 is 2.28 bits per heavy atom. The van der Waals surface area contributed by atoms with Crippen molar-refractivity contribution < 1.29 is 4.74 Å². The fraction of sp³-hybridized carbons (Fsp3) is 0.600. The molecule has 1 atom stereocenters. The molecule has 18 heavy (non-hydrogen) atoms. The van der Waals surface area contributed by atoms with Crippen molar-refractivity contribution >= 4 is 8.07 Å². The van der Waals surface area contributed by atoms with E-state index >= 15 is 0 Å². The van der Waals surface area contributed by atoms with E-state index in [0.29, 0.717) is 6.04 Å². The number of hydrogen-bond donors (Lipinski definition) is 0. The molecule has 3 heteroatoms. The Hall–Kier alpha value is -0.643. The van der Waals surface area contributed by atoms with Gasteiger partial charge in [-0.3, -0.25) is 4.90 Å². The summed E-state index contributed by atoms with van der Waals surface area (Å²) in [4.78, 5) is 2.47. The third kappa shape index (κ3) is 5.80. The lowest BCUT2D eigenvalue weighted by Crippen LogP contribution is -2.46. The van der Waals surface area contributed by atoms with Crippen LogP contribution in [0.4, 0.5) is 0 Å². The molecule has 0 saturated heterocycles. The highest BCUT2D eigenvalue weighted by Gasteiger charge is 2.22. The molecule has 0 spiro atoms. The summed E-state index contributed by atoms with van der Waals surface area (Å²) in [6.45, 7) is 10.3. The second-order valence-electron chi connectivity index (χ2n) is 6.26. The molecule has 1 rings (SSSR count). The van der Waals surface area contributed by atoms with Gasteiger partial charge in [0, 0.05) is 13.2 Å². The van der Waals surface area contributed by atoms with Crippen LogP contribution in [0.15, 0.2) is 30.3 Å². The van der Waals surface area contributed by atoms with Gasteiger partial charge >= 0.3 is 0 Å². The predicted molar refractivity (Wildman–Crippen MR) is 81.5 cm³/mol. The molecule has 0 saturated carbocycles. The van der Waals surface area contributed by atoms with E-state index in [1.165, 1.54) is 11.7 Å². The van der Waals surface area contributed by atoms with Crippen molar-refractivity contribution in [2.45, 2.75) is 39.0 Å². The lowest BCUT2D eigenvalue weighted by molar-refractivity contribution is 0.0501. The molecule has 0 aliphatic carbocycles. The van der Waals surface area contributed by atoms with Crippen LogP contribution in [0.1, 0.15) is 12.5 Å². The molecule has 0 amide bonds. The number of methoxy groups -OCH3 is 1. The molecule has 0 fully saturated rings. The van der Waals surface area contributed by atoms with Crippen LogP contribution in [0.2, 0.25) is 19.6 Å². The lowest BCUT2D eigenvalue weighted by Gasteiger charge is -2.33. The molecular weight excluding hydrogens is 238 g/mol. The molecule has 0 bridgehead atoms. The highest BCUT2D eigenvalue weighted by molar-refractivity contribution is 6.76. The molecule has 102 valence electrons. The molecule has 0 aliphatic heterocycles. The van der Waals surface area contributed by atoms with Gasteiger partial charge in [0.25, 0.3) is 0 Å². The van der Waals surface area contributed by atoms with Crippen LogP contribution in [-0.2, 0) is 11.2 Å². The van der Waals surface area contributed by atoms with Crippen molar-refractivity contribution in [3.63, 3.8) is 0 Å². The average molecular weight is 265 g/mol. The molecule has 0 aromatic heterocycles. The van der Waals surface area contributed by atoms with Gasteiger partial charge in [-0.15, -0.1) is 0 Å². The molecule has 2 nitrogen and oxygen atoms in total. The van der Waals surface area contributed by atoms with Gasteiger partial charge in [0.1, 0.15) is 0 Å². The van der Waals surface area contributed by atoms with Crippen LogP contribution in [0.3, 0.4) is 0 Å². The van der Waals surface area contributed by atoms with Crippen LogP contribution in [0, 0.1) is 0 Å². The summed E-state index contributed by atoms with van der Waals surface area (Å²) < 4.78 is 5.36. The summed E-state index contributed by atoms with van der Waals surface area (Å²) in [6, 6.07) is 11.2. The van der Waals surface area contributed by atoms with Gasteiger partial charge in [-0.1, -0.05) is 50.0 Å². The Morgan fingerprint density at radius 2 is 1.78 bits per heavy atom. The van der Waals surface area contributed by atoms with Crippen LogP contribution < -0.4 is 0 Å². The normalized spacial score (nSPS) is 13.9. The summed E-state index contributed by atoms with van der Waals surface area (Å²) in [5, 5.41) is 0. The summed E-state index contributed by atoms with van der Waals surface area (Å²) >= 11 is 0. The maximum atomic E-state index is 5.36. The molecule has 0 radical (unpaired) electrons. The zero-order chi connectivity index (χ0) is 13.6. The highest BCUT2D eigenvalue weighted by Crippen LogP contribution is 2.12. The standard InChI is InChI=1S/C15H27NOSi/c1-14(11-15-9-7-6-8-10-15)16(12-17-2)13-18(3,4)5/h6-10,14H,11-13H2,1-5H3/t14-/m1/s1. The lowest BCUT2D eigenvalue weighted by atomic mass is 10.1. The summed E-state index contributed by atoms with van der Waals surface area (Å²) in [5.41, 5.74) is 1.40. The van der Waals surface area contributed by atoms with E-state index in [-0.39, 0.29) is 0 Å². The highest BCUT2D eigenvalue weighted by atomic mass is 28.3. The van der Waals surface area contributed by atoms with E-state index in [1.807, 2.05) is 0 Å². The van der Waals surface area contributed by atoms with Gasteiger partial charge in [0.05, 0.1) is 14.8 Å². The van der Waals surface area contributed by atoms with E-state index in [4.69, 9.17) is 4.74 Å². The van der Waals surface area contributed by atoms with Gasteiger partial charge in [-0.2, -0.15) is 0 Å². The van der Waals surface area contributed by atoms with Crippen molar-refractivity contribution in [2.75, 3.05) is 20.0 Å². The molecule has 0 heterocycles. The minimum Gasteiger partial charge on any atom is -0.369 e. The van der Waals surface area contributed by atoms with Gasteiger partial charge in [0.15, 0.2) is 0 Å². The van der Waals surface area contributed by atoms with Crippen molar-refractivity contribution in [2.24, 2.45) is 0 Å². The summed E-state index contributed by atoms with van der Waals surface area (Å²) in [7, 11) is 0.693. The molecule has 0 aliphatic rings.